The van der Waals surface area contributed by atoms with Crippen LogP contribution in [0.5, 0.6) is 0 Å². The van der Waals surface area contributed by atoms with Crippen LogP contribution in [0.15, 0.2) is 17.0 Å². The van der Waals surface area contributed by atoms with Crippen LogP contribution in [0.25, 0.3) is 0 Å². The number of nitrogen functional groups attached to an aromatic ring is 1. The molecule has 1 saturated carbocycles. The Balaban J connectivity index is 2.17. The van der Waals surface area contributed by atoms with E-state index in [4.69, 9.17) is 17.3 Å². The summed E-state index contributed by atoms with van der Waals surface area (Å²) in [5.41, 5.74) is 5.25. The van der Waals surface area contributed by atoms with Gasteiger partial charge in [-0.1, -0.05) is 24.9 Å². The Hall–Kier alpha value is -0.850. The van der Waals surface area contributed by atoms with Gasteiger partial charge < -0.3 is 5.73 Å². The van der Waals surface area contributed by atoms with Gasteiger partial charge in [0.1, 0.15) is 10.7 Å². The molecule has 112 valence electrons. The number of rotatable bonds is 6. The van der Waals surface area contributed by atoms with Crippen LogP contribution in [0.2, 0.25) is 5.02 Å². The topological polar surface area (TPSA) is 72.2 Å². The molecular weight excluding hydrogens is 303 g/mol. The Morgan fingerprint density at radius 2 is 2.10 bits per heavy atom. The Morgan fingerprint density at radius 1 is 1.45 bits per heavy atom. The van der Waals surface area contributed by atoms with Gasteiger partial charge in [-0.25, -0.2) is 17.5 Å². The number of nitrogens with two attached hydrogens (primary N) is 1. The fourth-order valence-electron chi connectivity index (χ4n) is 2.30. The monoisotopic (exact) mass is 320 g/mol. The number of anilines is 1. The lowest BCUT2D eigenvalue weighted by Gasteiger charge is -2.16. The largest absolute Gasteiger partial charge is 0.396 e. The first-order chi connectivity index (χ1) is 9.30. The molecule has 4 nitrogen and oxygen atoms in total. The summed E-state index contributed by atoms with van der Waals surface area (Å²) in [5, 5.41) is -0.162. The summed E-state index contributed by atoms with van der Waals surface area (Å²) in [6, 6.07) is 1.98. The molecule has 20 heavy (non-hydrogen) atoms. The average Bonchev–Trinajstić information content (AvgIpc) is 3.12. The van der Waals surface area contributed by atoms with Gasteiger partial charge in [-0.05, 0) is 36.8 Å². The Morgan fingerprint density at radius 3 is 2.65 bits per heavy atom. The van der Waals surface area contributed by atoms with Crippen molar-refractivity contribution in [1.82, 2.24) is 4.72 Å². The summed E-state index contributed by atoms with van der Waals surface area (Å²) < 4.78 is 40.2. The first-order valence-electron chi connectivity index (χ1n) is 6.54. The van der Waals surface area contributed by atoms with E-state index in [1.54, 1.807) is 0 Å². The number of hydrogen-bond acceptors (Lipinski definition) is 3. The Kier molecular flexibility index (Phi) is 4.27. The highest BCUT2D eigenvalue weighted by atomic mass is 35.5. The molecular formula is C13H18ClFN2O2S. The van der Waals surface area contributed by atoms with Crippen molar-refractivity contribution in [2.24, 2.45) is 5.41 Å². The van der Waals surface area contributed by atoms with Gasteiger partial charge in [0, 0.05) is 6.54 Å². The smallest absolute Gasteiger partial charge is 0.242 e. The summed E-state index contributed by atoms with van der Waals surface area (Å²) in [4.78, 5) is -0.176. The third-order valence-electron chi connectivity index (χ3n) is 3.72. The van der Waals surface area contributed by atoms with E-state index in [9.17, 15) is 12.8 Å². The van der Waals surface area contributed by atoms with E-state index in [0.29, 0.717) is 6.54 Å². The molecule has 1 aliphatic rings. The average molecular weight is 321 g/mol. The molecule has 0 atom stereocenters. The molecule has 2 rings (SSSR count). The second-order valence-electron chi connectivity index (χ2n) is 5.38. The first-order valence-corrected chi connectivity index (χ1v) is 8.40. The third kappa shape index (κ3) is 3.24. The lowest BCUT2D eigenvalue weighted by atomic mass is 10.0. The fourth-order valence-corrected chi connectivity index (χ4v) is 4.00. The van der Waals surface area contributed by atoms with Gasteiger partial charge in [0.15, 0.2) is 0 Å². The minimum atomic E-state index is -3.77. The van der Waals surface area contributed by atoms with Crippen molar-refractivity contribution < 1.29 is 12.8 Å². The molecule has 0 spiro atoms. The maximum Gasteiger partial charge on any atom is 0.242 e. The van der Waals surface area contributed by atoms with Gasteiger partial charge in [0.25, 0.3) is 0 Å². The van der Waals surface area contributed by atoms with Gasteiger partial charge in [-0.3, -0.25) is 0 Å². The molecule has 0 amide bonds. The van der Waals surface area contributed by atoms with Crippen LogP contribution in [0, 0.1) is 11.2 Å². The van der Waals surface area contributed by atoms with Crippen molar-refractivity contribution in [3.05, 3.63) is 23.0 Å². The SMILES string of the molecule is CCCC1(CNS(=O)(=O)c2cc(N)c(F)cc2Cl)CC1. The molecule has 3 N–H and O–H groups in total. The molecule has 0 saturated heterocycles. The van der Waals surface area contributed by atoms with E-state index in [1.807, 2.05) is 0 Å². The van der Waals surface area contributed by atoms with Gasteiger partial charge in [0.2, 0.25) is 10.0 Å². The van der Waals surface area contributed by atoms with Crippen molar-refractivity contribution in [3.63, 3.8) is 0 Å². The Labute approximate surface area is 123 Å². The quantitative estimate of drug-likeness (QED) is 0.792. The highest BCUT2D eigenvalue weighted by Crippen LogP contribution is 2.49. The summed E-state index contributed by atoms with van der Waals surface area (Å²) >= 11 is 5.80. The summed E-state index contributed by atoms with van der Waals surface area (Å²) in [6.45, 7) is 2.46. The van der Waals surface area contributed by atoms with E-state index in [-0.39, 0.29) is 21.0 Å². The van der Waals surface area contributed by atoms with Gasteiger partial charge in [0.05, 0.1) is 10.7 Å². The summed E-state index contributed by atoms with van der Waals surface area (Å²) in [6.07, 6.45) is 4.08. The molecule has 1 aromatic rings. The summed E-state index contributed by atoms with van der Waals surface area (Å²) in [5.74, 6) is -0.724. The van der Waals surface area contributed by atoms with Crippen molar-refractivity contribution in [2.75, 3.05) is 12.3 Å². The number of halogens is 2. The highest BCUT2D eigenvalue weighted by molar-refractivity contribution is 7.89. The fraction of sp³-hybridized carbons (Fsp3) is 0.538. The predicted molar refractivity (Wildman–Crippen MR) is 77.6 cm³/mol. The highest BCUT2D eigenvalue weighted by Gasteiger charge is 2.42. The van der Waals surface area contributed by atoms with Crippen molar-refractivity contribution in [3.8, 4) is 0 Å². The number of nitrogens with one attached hydrogen (secondary N) is 1. The zero-order valence-electron chi connectivity index (χ0n) is 11.2. The summed E-state index contributed by atoms with van der Waals surface area (Å²) in [7, 11) is -3.77. The van der Waals surface area contributed by atoms with Crippen LogP contribution < -0.4 is 10.5 Å². The lowest BCUT2D eigenvalue weighted by Crippen LogP contribution is -2.30. The number of hydrogen-bond donors (Lipinski definition) is 2. The number of sulfonamides is 1. The molecule has 0 heterocycles. The normalized spacial score (nSPS) is 17.1. The molecule has 0 radical (unpaired) electrons. The lowest BCUT2D eigenvalue weighted by molar-refractivity contribution is 0.449. The van der Waals surface area contributed by atoms with Gasteiger partial charge in [-0.15, -0.1) is 0 Å². The molecule has 0 bridgehead atoms. The molecule has 7 heteroatoms. The standard InChI is InChI=1S/C13H18ClFN2O2S/c1-2-3-13(4-5-13)8-17-20(18,19)12-7-11(16)10(15)6-9(12)14/h6-7,17H,2-5,8,16H2,1H3. The van der Waals surface area contributed by atoms with Crippen LogP contribution in [0.1, 0.15) is 32.6 Å². The zero-order chi connectivity index (χ0) is 15.0. The van der Waals surface area contributed by atoms with Gasteiger partial charge in [-0.2, -0.15) is 0 Å². The molecule has 1 aromatic carbocycles. The van der Waals surface area contributed by atoms with Crippen LogP contribution >= 0.6 is 11.6 Å². The predicted octanol–water partition coefficient (Wildman–Crippen LogP) is 2.92. The van der Waals surface area contributed by atoms with E-state index in [2.05, 4.69) is 11.6 Å². The minimum Gasteiger partial charge on any atom is -0.396 e. The van der Waals surface area contributed by atoms with Crippen LogP contribution in [-0.2, 0) is 10.0 Å². The third-order valence-corrected chi connectivity index (χ3v) is 5.58. The van der Waals surface area contributed by atoms with E-state index < -0.39 is 15.8 Å². The van der Waals surface area contributed by atoms with Crippen molar-refractivity contribution in [2.45, 2.75) is 37.5 Å². The number of benzene rings is 1. The molecule has 1 aliphatic carbocycles. The molecule has 0 aromatic heterocycles. The van der Waals surface area contributed by atoms with Crippen molar-refractivity contribution in [1.29, 1.82) is 0 Å². The maximum atomic E-state index is 13.2. The van der Waals surface area contributed by atoms with Crippen LogP contribution in [0.4, 0.5) is 10.1 Å². The van der Waals surface area contributed by atoms with Crippen LogP contribution in [-0.4, -0.2) is 15.0 Å². The zero-order valence-corrected chi connectivity index (χ0v) is 12.8. The second-order valence-corrected chi connectivity index (χ2v) is 7.52. The molecule has 0 unspecified atom stereocenters. The van der Waals surface area contributed by atoms with E-state index in [1.165, 1.54) is 0 Å². The minimum absolute atomic E-state index is 0.0832. The van der Waals surface area contributed by atoms with Crippen molar-refractivity contribution >= 4 is 27.3 Å². The molecule has 1 fully saturated rings. The Bertz CT molecular complexity index is 615. The second kappa shape index (κ2) is 5.50. The van der Waals surface area contributed by atoms with E-state index >= 15 is 0 Å². The maximum absolute atomic E-state index is 13.2. The van der Waals surface area contributed by atoms with Gasteiger partial charge >= 0.3 is 0 Å². The van der Waals surface area contributed by atoms with E-state index in [0.717, 1.165) is 37.8 Å². The first kappa shape index (κ1) is 15.5. The molecule has 0 aliphatic heterocycles. The van der Waals surface area contributed by atoms with Crippen LogP contribution in [0.3, 0.4) is 0 Å².